The maximum atomic E-state index is 12.4. The summed E-state index contributed by atoms with van der Waals surface area (Å²) in [6, 6.07) is 10.5. The van der Waals surface area contributed by atoms with Gasteiger partial charge in [0.1, 0.15) is 5.76 Å². The fraction of sp³-hybridized carbons (Fsp3) is 0.118. The van der Waals surface area contributed by atoms with Crippen molar-refractivity contribution >= 4 is 33.4 Å². The van der Waals surface area contributed by atoms with E-state index in [0.717, 1.165) is 4.47 Å². The van der Waals surface area contributed by atoms with Gasteiger partial charge >= 0.3 is 0 Å². The molecule has 0 atom stereocenters. The number of carbonyl (C=O) groups is 2. The maximum Gasteiger partial charge on any atom is 0.274 e. The van der Waals surface area contributed by atoms with E-state index in [4.69, 9.17) is 4.42 Å². The minimum absolute atomic E-state index is 0.136. The zero-order valence-corrected chi connectivity index (χ0v) is 14.9. The minimum Gasteiger partial charge on any atom is -0.467 e. The lowest BCUT2D eigenvalue weighted by Crippen LogP contribution is -2.25. The predicted molar refractivity (Wildman–Crippen MR) is 95.2 cm³/mol. The Morgan fingerprint density at radius 1 is 1.24 bits per heavy atom. The van der Waals surface area contributed by atoms with E-state index in [1.54, 1.807) is 43.6 Å². The third-order valence-electron chi connectivity index (χ3n) is 3.38. The summed E-state index contributed by atoms with van der Waals surface area (Å²) in [6.45, 7) is 0.238. The Kier molecular flexibility index (Phi) is 4.99. The number of amides is 2. The highest BCUT2D eigenvalue weighted by atomic mass is 79.9. The van der Waals surface area contributed by atoms with Crippen LogP contribution in [0.25, 0.3) is 0 Å². The van der Waals surface area contributed by atoms with Gasteiger partial charge in [-0.25, -0.2) is 0 Å². The van der Waals surface area contributed by atoms with E-state index in [1.807, 2.05) is 6.07 Å². The fourth-order valence-corrected chi connectivity index (χ4v) is 2.64. The number of furan rings is 1. The van der Waals surface area contributed by atoms with E-state index < -0.39 is 5.91 Å². The summed E-state index contributed by atoms with van der Waals surface area (Å²) in [5, 5.41) is 9.56. The first-order valence-corrected chi connectivity index (χ1v) is 8.23. The van der Waals surface area contributed by atoms with Crippen molar-refractivity contribution in [1.82, 2.24) is 15.1 Å². The summed E-state index contributed by atoms with van der Waals surface area (Å²) in [5.41, 5.74) is 0.946. The van der Waals surface area contributed by atoms with Crippen LogP contribution in [0, 0.1) is 0 Å². The van der Waals surface area contributed by atoms with Gasteiger partial charge in [-0.2, -0.15) is 5.10 Å². The van der Waals surface area contributed by atoms with Crippen LogP contribution in [-0.4, -0.2) is 21.6 Å². The normalized spacial score (nSPS) is 10.5. The molecule has 3 aromatic rings. The number of carbonyl (C=O) groups excluding carboxylic acids is 2. The number of hydrogen-bond acceptors (Lipinski definition) is 4. The molecule has 0 saturated heterocycles. The molecule has 0 aliphatic carbocycles. The van der Waals surface area contributed by atoms with Gasteiger partial charge in [0.05, 0.1) is 18.5 Å². The molecular weight excluding hydrogens is 388 g/mol. The number of rotatable bonds is 5. The second kappa shape index (κ2) is 7.35. The van der Waals surface area contributed by atoms with E-state index >= 15 is 0 Å². The highest BCUT2D eigenvalue weighted by Crippen LogP contribution is 2.17. The quantitative estimate of drug-likeness (QED) is 0.686. The van der Waals surface area contributed by atoms with Crippen LogP contribution in [0.1, 0.15) is 26.6 Å². The van der Waals surface area contributed by atoms with Crippen molar-refractivity contribution in [2.24, 2.45) is 7.05 Å². The molecule has 0 aliphatic rings. The van der Waals surface area contributed by atoms with Crippen molar-refractivity contribution in [3.8, 4) is 0 Å². The van der Waals surface area contributed by atoms with Crippen molar-refractivity contribution in [2.45, 2.75) is 6.54 Å². The highest BCUT2D eigenvalue weighted by molar-refractivity contribution is 9.10. The van der Waals surface area contributed by atoms with Gasteiger partial charge in [0.15, 0.2) is 5.69 Å². The Morgan fingerprint density at radius 2 is 2.08 bits per heavy atom. The Balaban J connectivity index is 1.74. The lowest BCUT2D eigenvalue weighted by molar-refractivity contribution is 0.0943. The van der Waals surface area contributed by atoms with Crippen LogP contribution >= 0.6 is 15.9 Å². The van der Waals surface area contributed by atoms with Gasteiger partial charge in [0.2, 0.25) is 0 Å². The van der Waals surface area contributed by atoms with Crippen LogP contribution in [0.2, 0.25) is 0 Å². The number of anilines is 1. The summed E-state index contributed by atoms with van der Waals surface area (Å²) in [4.78, 5) is 24.7. The number of nitrogens with zero attached hydrogens (tertiary/aromatic N) is 2. The number of benzene rings is 1. The molecule has 0 spiro atoms. The average Bonchev–Trinajstić information content (AvgIpc) is 3.22. The van der Waals surface area contributed by atoms with E-state index in [1.165, 1.54) is 10.9 Å². The average molecular weight is 403 g/mol. The second-order valence-electron chi connectivity index (χ2n) is 5.29. The number of nitrogens with one attached hydrogen (secondary N) is 2. The first-order valence-electron chi connectivity index (χ1n) is 7.44. The lowest BCUT2D eigenvalue weighted by atomic mass is 10.2. The third kappa shape index (κ3) is 4.16. The molecule has 0 fully saturated rings. The van der Waals surface area contributed by atoms with Crippen LogP contribution in [-0.2, 0) is 13.6 Å². The van der Waals surface area contributed by atoms with Crippen LogP contribution in [0.5, 0.6) is 0 Å². The molecule has 2 aromatic heterocycles. The maximum absolute atomic E-state index is 12.4. The first-order chi connectivity index (χ1) is 12.0. The molecule has 7 nitrogen and oxygen atoms in total. The number of halogens is 1. The van der Waals surface area contributed by atoms with Crippen LogP contribution in [0.3, 0.4) is 0 Å². The standard InChI is InChI=1S/C17H15BrN4O3/c1-22-10-14(20-16(23)11-4-2-5-12(18)8-11)15(21-22)17(24)19-9-13-6-3-7-25-13/h2-8,10H,9H2,1H3,(H,19,24)(H,20,23). The van der Waals surface area contributed by atoms with Gasteiger partial charge in [0.25, 0.3) is 11.8 Å². The molecule has 3 rings (SSSR count). The molecule has 1 aromatic carbocycles. The van der Waals surface area contributed by atoms with Crippen molar-refractivity contribution in [3.63, 3.8) is 0 Å². The highest BCUT2D eigenvalue weighted by Gasteiger charge is 2.18. The molecule has 8 heteroatoms. The van der Waals surface area contributed by atoms with Gasteiger partial charge in [-0.05, 0) is 30.3 Å². The van der Waals surface area contributed by atoms with Crippen LogP contribution in [0.4, 0.5) is 5.69 Å². The lowest BCUT2D eigenvalue weighted by Gasteiger charge is -2.06. The van der Waals surface area contributed by atoms with E-state index in [0.29, 0.717) is 17.0 Å². The van der Waals surface area contributed by atoms with Crippen LogP contribution in [0.15, 0.2) is 57.7 Å². The third-order valence-corrected chi connectivity index (χ3v) is 3.88. The summed E-state index contributed by atoms with van der Waals surface area (Å²) in [5.74, 6) is -0.0973. The SMILES string of the molecule is Cn1cc(NC(=O)c2cccc(Br)c2)c(C(=O)NCc2ccco2)n1. The van der Waals surface area contributed by atoms with Gasteiger partial charge in [-0.1, -0.05) is 22.0 Å². The summed E-state index contributed by atoms with van der Waals surface area (Å²) >= 11 is 3.33. The van der Waals surface area contributed by atoms with Crippen molar-refractivity contribution in [3.05, 3.63) is 70.3 Å². The summed E-state index contributed by atoms with van der Waals surface area (Å²) in [7, 11) is 1.68. The Labute approximate surface area is 152 Å². The van der Waals surface area contributed by atoms with E-state index in [9.17, 15) is 9.59 Å². The number of hydrogen-bond donors (Lipinski definition) is 2. The molecule has 0 aliphatic heterocycles. The number of aryl methyl sites for hydroxylation is 1. The van der Waals surface area contributed by atoms with Crippen molar-refractivity contribution in [2.75, 3.05) is 5.32 Å². The second-order valence-corrected chi connectivity index (χ2v) is 6.21. The molecule has 0 saturated carbocycles. The number of aromatic nitrogens is 2. The molecule has 128 valence electrons. The van der Waals surface area contributed by atoms with Crippen molar-refractivity contribution < 1.29 is 14.0 Å². The smallest absolute Gasteiger partial charge is 0.274 e. The molecule has 25 heavy (non-hydrogen) atoms. The Morgan fingerprint density at radius 3 is 2.80 bits per heavy atom. The zero-order valence-electron chi connectivity index (χ0n) is 13.3. The molecule has 0 radical (unpaired) electrons. The van der Waals surface area contributed by atoms with Gasteiger partial charge in [0, 0.05) is 23.3 Å². The van der Waals surface area contributed by atoms with Gasteiger partial charge < -0.3 is 15.1 Å². The Bertz CT molecular complexity index is 903. The topological polar surface area (TPSA) is 89.2 Å². The zero-order chi connectivity index (χ0) is 17.8. The first kappa shape index (κ1) is 17.0. The van der Waals surface area contributed by atoms with E-state index in [-0.39, 0.29) is 18.1 Å². The van der Waals surface area contributed by atoms with Crippen LogP contribution < -0.4 is 10.6 Å². The largest absolute Gasteiger partial charge is 0.467 e. The monoisotopic (exact) mass is 402 g/mol. The van der Waals surface area contributed by atoms with Gasteiger partial charge in [-0.3, -0.25) is 14.3 Å². The fourth-order valence-electron chi connectivity index (χ4n) is 2.24. The van der Waals surface area contributed by atoms with Crippen molar-refractivity contribution in [1.29, 1.82) is 0 Å². The summed E-state index contributed by atoms with van der Waals surface area (Å²) < 4.78 is 7.44. The van der Waals surface area contributed by atoms with E-state index in [2.05, 4.69) is 31.7 Å². The molecule has 0 bridgehead atoms. The minimum atomic E-state index is -0.401. The Hall–Kier alpha value is -2.87. The molecule has 2 N–H and O–H groups in total. The molecular formula is C17H15BrN4O3. The molecule has 0 unspecified atom stereocenters. The summed E-state index contributed by atoms with van der Waals surface area (Å²) in [6.07, 6.45) is 3.11. The predicted octanol–water partition coefficient (Wildman–Crippen LogP) is 2.96. The molecule has 2 heterocycles. The molecule has 2 amide bonds. The van der Waals surface area contributed by atoms with Gasteiger partial charge in [-0.15, -0.1) is 0 Å².